The number of carbonyl (C=O) groups is 2. The summed E-state index contributed by atoms with van der Waals surface area (Å²) in [5.74, 6) is 0.472. The molecule has 4 nitrogen and oxygen atoms in total. The predicted molar refractivity (Wildman–Crippen MR) is 83.8 cm³/mol. The van der Waals surface area contributed by atoms with Gasteiger partial charge in [-0.05, 0) is 24.7 Å². The van der Waals surface area contributed by atoms with Crippen molar-refractivity contribution in [3.05, 3.63) is 0 Å². The molecule has 2 aliphatic rings. The Labute approximate surface area is 133 Å². The second kappa shape index (κ2) is 9.86. The first-order chi connectivity index (χ1) is 10.7. The van der Waals surface area contributed by atoms with E-state index in [1.807, 2.05) is 0 Å². The highest BCUT2D eigenvalue weighted by molar-refractivity contribution is 5.72. The van der Waals surface area contributed by atoms with Crippen LogP contribution in [0.5, 0.6) is 0 Å². The van der Waals surface area contributed by atoms with E-state index in [0.29, 0.717) is 24.7 Å². The van der Waals surface area contributed by atoms with E-state index in [2.05, 4.69) is 9.78 Å². The van der Waals surface area contributed by atoms with Crippen LogP contribution in [0.2, 0.25) is 0 Å². The fourth-order valence-corrected chi connectivity index (χ4v) is 3.77. The van der Waals surface area contributed by atoms with Gasteiger partial charge in [0.25, 0.3) is 0 Å². The highest BCUT2D eigenvalue weighted by Crippen LogP contribution is 2.28. The summed E-state index contributed by atoms with van der Waals surface area (Å²) in [6, 6.07) is 0. The van der Waals surface area contributed by atoms with Crippen molar-refractivity contribution in [1.82, 2.24) is 0 Å². The van der Waals surface area contributed by atoms with Crippen LogP contribution in [0.3, 0.4) is 0 Å². The molecule has 0 heterocycles. The molecule has 2 aliphatic carbocycles. The van der Waals surface area contributed by atoms with Gasteiger partial charge in [-0.3, -0.25) is 0 Å². The molecule has 0 aromatic heterocycles. The molecule has 0 bridgehead atoms. The van der Waals surface area contributed by atoms with Gasteiger partial charge in [-0.25, -0.2) is 19.4 Å². The zero-order valence-corrected chi connectivity index (χ0v) is 13.7. The van der Waals surface area contributed by atoms with Gasteiger partial charge in [0.05, 0.1) is 12.8 Å². The molecule has 0 saturated heterocycles. The first kappa shape index (κ1) is 17.3. The quantitative estimate of drug-likeness (QED) is 0.526. The maximum Gasteiger partial charge on any atom is 0.355 e. The van der Waals surface area contributed by atoms with Crippen molar-refractivity contribution < 1.29 is 19.4 Å². The Morgan fingerprint density at radius 2 is 1.00 bits per heavy atom. The van der Waals surface area contributed by atoms with E-state index in [1.54, 1.807) is 0 Å². The summed E-state index contributed by atoms with van der Waals surface area (Å²) < 4.78 is 0. The van der Waals surface area contributed by atoms with Crippen molar-refractivity contribution in [3.8, 4) is 0 Å². The fraction of sp³-hybridized carbons (Fsp3) is 0.889. The van der Waals surface area contributed by atoms with Crippen LogP contribution in [-0.2, 0) is 19.4 Å². The minimum atomic E-state index is -0.406. The summed E-state index contributed by atoms with van der Waals surface area (Å²) in [5, 5.41) is 0. The topological polar surface area (TPSA) is 52.6 Å². The summed E-state index contributed by atoms with van der Waals surface area (Å²) in [5.41, 5.74) is 0. The number of rotatable bonds is 6. The molecule has 0 aromatic rings. The normalized spacial score (nSPS) is 20.5. The Balaban J connectivity index is 1.50. The number of hydrogen-bond acceptors (Lipinski definition) is 4. The molecule has 22 heavy (non-hydrogen) atoms. The van der Waals surface area contributed by atoms with Crippen LogP contribution in [-0.4, -0.2) is 11.9 Å². The van der Waals surface area contributed by atoms with Gasteiger partial charge in [-0.1, -0.05) is 64.2 Å². The lowest BCUT2D eigenvalue weighted by Crippen LogP contribution is -2.15. The predicted octanol–water partition coefficient (Wildman–Crippen LogP) is 4.71. The van der Waals surface area contributed by atoms with Gasteiger partial charge in [-0.15, -0.1) is 0 Å². The molecule has 0 aliphatic heterocycles. The van der Waals surface area contributed by atoms with E-state index in [9.17, 15) is 9.59 Å². The lowest BCUT2D eigenvalue weighted by atomic mass is 9.86. The van der Waals surface area contributed by atoms with Crippen molar-refractivity contribution in [1.29, 1.82) is 0 Å². The Morgan fingerprint density at radius 3 is 1.36 bits per heavy atom. The summed E-state index contributed by atoms with van der Waals surface area (Å²) in [4.78, 5) is 32.5. The average molecular weight is 310 g/mol. The van der Waals surface area contributed by atoms with Crippen LogP contribution in [0.4, 0.5) is 0 Å². The van der Waals surface area contributed by atoms with Gasteiger partial charge in [0.1, 0.15) is 0 Å². The largest absolute Gasteiger partial charge is 0.355 e. The first-order valence-electron chi connectivity index (χ1n) is 9.14. The van der Waals surface area contributed by atoms with Crippen LogP contribution >= 0.6 is 0 Å². The van der Waals surface area contributed by atoms with E-state index in [1.165, 1.54) is 64.2 Å². The second-order valence-electron chi connectivity index (χ2n) is 7.00. The standard InChI is InChI=1S/C18H30O4/c19-17(13-11-15-7-3-1-4-8-15)21-22-18(20)14-12-16-9-5-2-6-10-16/h15-16H,1-14H2. The number of carbonyl (C=O) groups excluding carboxylic acids is 2. The van der Waals surface area contributed by atoms with Gasteiger partial charge >= 0.3 is 11.9 Å². The lowest BCUT2D eigenvalue weighted by molar-refractivity contribution is -0.259. The highest BCUT2D eigenvalue weighted by Gasteiger charge is 2.18. The summed E-state index contributed by atoms with van der Waals surface area (Å²) >= 11 is 0. The molecule has 0 aromatic carbocycles. The van der Waals surface area contributed by atoms with Crippen LogP contribution < -0.4 is 0 Å². The molecular weight excluding hydrogens is 280 g/mol. The summed E-state index contributed by atoms with van der Waals surface area (Å²) in [7, 11) is 0. The Kier molecular flexibility index (Phi) is 7.75. The van der Waals surface area contributed by atoms with E-state index in [0.717, 1.165) is 12.8 Å². The lowest BCUT2D eigenvalue weighted by Gasteiger charge is -2.21. The van der Waals surface area contributed by atoms with E-state index >= 15 is 0 Å². The maximum absolute atomic E-state index is 11.6. The van der Waals surface area contributed by atoms with Crippen molar-refractivity contribution in [3.63, 3.8) is 0 Å². The van der Waals surface area contributed by atoms with E-state index in [4.69, 9.17) is 0 Å². The van der Waals surface area contributed by atoms with Gasteiger partial charge in [0.15, 0.2) is 0 Å². The van der Waals surface area contributed by atoms with Crippen LogP contribution in [0.1, 0.15) is 89.9 Å². The summed E-state index contributed by atoms with van der Waals surface area (Å²) in [6.07, 6.45) is 15.0. The monoisotopic (exact) mass is 310 g/mol. The Bertz CT molecular complexity index is 307. The van der Waals surface area contributed by atoms with Gasteiger partial charge in [-0.2, -0.15) is 0 Å². The smallest absolute Gasteiger partial charge is 0.247 e. The zero-order valence-electron chi connectivity index (χ0n) is 13.7. The molecule has 2 rings (SSSR count). The molecule has 0 amide bonds. The van der Waals surface area contributed by atoms with Gasteiger partial charge in [0.2, 0.25) is 0 Å². The average Bonchev–Trinajstić information content (AvgIpc) is 2.58. The van der Waals surface area contributed by atoms with Crippen molar-refractivity contribution in [2.45, 2.75) is 89.9 Å². The zero-order chi connectivity index (χ0) is 15.6. The molecule has 0 spiro atoms. The van der Waals surface area contributed by atoms with Gasteiger partial charge in [0, 0.05) is 0 Å². The van der Waals surface area contributed by atoms with Gasteiger partial charge < -0.3 is 0 Å². The Hall–Kier alpha value is -1.06. The van der Waals surface area contributed by atoms with Crippen LogP contribution in [0.25, 0.3) is 0 Å². The molecule has 0 radical (unpaired) electrons. The molecule has 2 fully saturated rings. The highest BCUT2D eigenvalue weighted by atomic mass is 17.2. The first-order valence-corrected chi connectivity index (χ1v) is 9.14. The molecule has 2 saturated carbocycles. The minimum absolute atomic E-state index is 0.362. The third-order valence-electron chi connectivity index (χ3n) is 5.19. The molecular formula is C18H30O4. The minimum Gasteiger partial charge on any atom is -0.247 e. The fourth-order valence-electron chi connectivity index (χ4n) is 3.77. The third-order valence-corrected chi connectivity index (χ3v) is 5.19. The van der Waals surface area contributed by atoms with Crippen molar-refractivity contribution in [2.24, 2.45) is 11.8 Å². The van der Waals surface area contributed by atoms with Crippen LogP contribution in [0.15, 0.2) is 0 Å². The number of hydrogen-bond donors (Lipinski definition) is 0. The molecule has 0 atom stereocenters. The van der Waals surface area contributed by atoms with E-state index < -0.39 is 11.9 Å². The second-order valence-corrected chi connectivity index (χ2v) is 7.00. The van der Waals surface area contributed by atoms with Crippen LogP contribution in [0, 0.1) is 11.8 Å². The summed E-state index contributed by atoms with van der Waals surface area (Å²) in [6.45, 7) is 0. The third kappa shape index (κ3) is 6.80. The van der Waals surface area contributed by atoms with E-state index in [-0.39, 0.29) is 0 Å². The van der Waals surface area contributed by atoms with Crippen molar-refractivity contribution in [2.75, 3.05) is 0 Å². The molecule has 0 unspecified atom stereocenters. The maximum atomic E-state index is 11.6. The SMILES string of the molecule is O=C(CCC1CCCCC1)OOC(=O)CCC1CCCCC1. The Morgan fingerprint density at radius 1 is 0.636 bits per heavy atom. The molecule has 126 valence electrons. The molecule has 0 N–H and O–H groups in total. The van der Waals surface area contributed by atoms with Crippen molar-refractivity contribution >= 4 is 11.9 Å². The molecule has 4 heteroatoms.